The van der Waals surface area contributed by atoms with Gasteiger partial charge in [0.2, 0.25) is 0 Å². The summed E-state index contributed by atoms with van der Waals surface area (Å²) in [5, 5.41) is 4.87. The average Bonchev–Trinajstić information content (AvgIpc) is 3.59. The van der Waals surface area contributed by atoms with Crippen molar-refractivity contribution in [3.05, 3.63) is 182 Å². The van der Waals surface area contributed by atoms with Crippen molar-refractivity contribution >= 4 is 44.3 Å². The maximum absolute atomic E-state index is 5.21. The molecule has 0 N–H and O–H groups in total. The minimum absolute atomic E-state index is 0.646. The second kappa shape index (κ2) is 12.4. The number of benzene rings is 8. The van der Waals surface area contributed by atoms with Gasteiger partial charge in [0.25, 0.3) is 0 Å². The Hall–Kier alpha value is -6.82. The zero-order valence-electron chi connectivity index (χ0n) is 29.0. The van der Waals surface area contributed by atoms with Gasteiger partial charge in [0, 0.05) is 48.3 Å². The first-order chi connectivity index (χ1) is 26.8. The van der Waals surface area contributed by atoms with Gasteiger partial charge < -0.3 is 4.57 Å². The molecule has 252 valence electrons. The van der Waals surface area contributed by atoms with Crippen LogP contribution in [0.4, 0.5) is 0 Å². The third-order valence-electron chi connectivity index (χ3n) is 10.5. The molecule has 1 aliphatic heterocycles. The highest BCUT2D eigenvalue weighted by molar-refractivity contribution is 7.99. The summed E-state index contributed by atoms with van der Waals surface area (Å²) >= 11 is 1.83. The van der Waals surface area contributed by atoms with Crippen molar-refractivity contribution < 1.29 is 0 Å². The molecule has 1 aliphatic rings. The lowest BCUT2D eigenvalue weighted by molar-refractivity contribution is 1.08. The second-order valence-electron chi connectivity index (χ2n) is 13.6. The van der Waals surface area contributed by atoms with Crippen molar-refractivity contribution in [2.45, 2.75) is 9.79 Å². The molecule has 2 aromatic heterocycles. The standard InChI is InChI=1S/C49H30N4S/c1-3-13-31(14-4-1)33-17-11-18-34(29-33)48-50-47(32-15-5-2-6-16-32)51-49(52-48)40-26-28-45-46-38(40)21-12-22-39(46)41-30-35(25-27-44(41)54-45)53-42-23-9-7-19-36(42)37-20-8-10-24-43(37)53/h1-30H. The fraction of sp³-hybridized carbons (Fsp3) is 0. The van der Waals surface area contributed by atoms with Crippen LogP contribution >= 0.6 is 11.8 Å². The number of para-hydroxylation sites is 2. The molecule has 8 aromatic carbocycles. The van der Waals surface area contributed by atoms with Crippen molar-refractivity contribution in [2.75, 3.05) is 0 Å². The molecule has 4 nitrogen and oxygen atoms in total. The molecule has 5 heteroatoms. The van der Waals surface area contributed by atoms with Crippen LogP contribution < -0.4 is 0 Å². The fourth-order valence-corrected chi connectivity index (χ4v) is 9.07. The van der Waals surface area contributed by atoms with E-state index < -0.39 is 0 Å². The highest BCUT2D eigenvalue weighted by Gasteiger charge is 2.24. The molecule has 10 aromatic rings. The quantitative estimate of drug-likeness (QED) is 0.179. The molecule has 0 atom stereocenters. The molecule has 0 unspecified atom stereocenters. The first kappa shape index (κ1) is 30.8. The molecule has 11 rings (SSSR count). The van der Waals surface area contributed by atoms with Crippen LogP contribution in [0.5, 0.6) is 0 Å². The van der Waals surface area contributed by atoms with Gasteiger partial charge in [-0.05, 0) is 76.2 Å². The molecule has 0 spiro atoms. The molecule has 0 amide bonds. The topological polar surface area (TPSA) is 43.6 Å². The van der Waals surface area contributed by atoms with Crippen LogP contribution in [-0.2, 0) is 0 Å². The van der Waals surface area contributed by atoms with Gasteiger partial charge in [0.15, 0.2) is 17.5 Å². The molecule has 0 bridgehead atoms. The number of aromatic nitrogens is 4. The molecule has 0 saturated carbocycles. The van der Waals surface area contributed by atoms with E-state index >= 15 is 0 Å². The summed E-state index contributed by atoms with van der Waals surface area (Å²) in [7, 11) is 0. The first-order valence-corrected chi connectivity index (χ1v) is 18.9. The third kappa shape index (κ3) is 4.97. The van der Waals surface area contributed by atoms with E-state index in [0.717, 1.165) is 38.9 Å². The first-order valence-electron chi connectivity index (χ1n) is 18.1. The molecular formula is C49H30N4S. The number of fused-ring (bicyclic) bond motifs is 5. The molecule has 3 heterocycles. The van der Waals surface area contributed by atoms with Gasteiger partial charge in [-0.1, -0.05) is 145 Å². The maximum atomic E-state index is 5.21. The summed E-state index contributed by atoms with van der Waals surface area (Å²) in [4.78, 5) is 17.9. The van der Waals surface area contributed by atoms with Crippen LogP contribution in [0.1, 0.15) is 0 Å². The van der Waals surface area contributed by atoms with E-state index in [1.807, 2.05) is 36.0 Å². The van der Waals surface area contributed by atoms with Crippen molar-refractivity contribution in [3.63, 3.8) is 0 Å². The minimum atomic E-state index is 0.646. The number of hydrogen-bond acceptors (Lipinski definition) is 4. The van der Waals surface area contributed by atoms with E-state index in [-0.39, 0.29) is 0 Å². The summed E-state index contributed by atoms with van der Waals surface area (Å²) in [5.41, 5.74) is 11.2. The van der Waals surface area contributed by atoms with Gasteiger partial charge in [-0.2, -0.15) is 0 Å². The Morgan fingerprint density at radius 3 is 1.69 bits per heavy atom. The van der Waals surface area contributed by atoms with Gasteiger partial charge in [0.05, 0.1) is 11.0 Å². The summed E-state index contributed by atoms with van der Waals surface area (Å²) in [6.07, 6.45) is 0. The number of hydrogen-bond donors (Lipinski definition) is 0. The normalized spacial score (nSPS) is 12.0. The van der Waals surface area contributed by atoms with E-state index in [2.05, 4.69) is 162 Å². The molecule has 0 radical (unpaired) electrons. The van der Waals surface area contributed by atoms with Crippen molar-refractivity contribution in [3.8, 4) is 62.1 Å². The monoisotopic (exact) mass is 706 g/mol. The van der Waals surface area contributed by atoms with E-state index in [1.165, 1.54) is 48.1 Å². The Morgan fingerprint density at radius 1 is 0.352 bits per heavy atom. The van der Waals surface area contributed by atoms with E-state index in [9.17, 15) is 0 Å². The summed E-state index contributed by atoms with van der Waals surface area (Å²) in [5.74, 6) is 1.95. The largest absolute Gasteiger partial charge is 0.309 e. The molecular weight excluding hydrogens is 677 g/mol. The van der Waals surface area contributed by atoms with Crippen LogP contribution in [-0.4, -0.2) is 19.5 Å². The smallest absolute Gasteiger partial charge is 0.164 e. The van der Waals surface area contributed by atoms with E-state index in [4.69, 9.17) is 15.0 Å². The number of rotatable bonds is 5. The van der Waals surface area contributed by atoms with Crippen LogP contribution in [0.15, 0.2) is 192 Å². The second-order valence-corrected chi connectivity index (χ2v) is 14.7. The van der Waals surface area contributed by atoms with Gasteiger partial charge in [0.1, 0.15) is 0 Å². The molecule has 0 fully saturated rings. The van der Waals surface area contributed by atoms with Gasteiger partial charge in [-0.15, -0.1) is 0 Å². The van der Waals surface area contributed by atoms with E-state index in [0.29, 0.717) is 17.5 Å². The van der Waals surface area contributed by atoms with Crippen molar-refractivity contribution in [2.24, 2.45) is 0 Å². The molecule has 0 aliphatic carbocycles. The summed E-state index contributed by atoms with van der Waals surface area (Å²) in [6, 6.07) is 64.4. The Morgan fingerprint density at radius 2 is 0.926 bits per heavy atom. The Balaban J connectivity index is 1.09. The predicted octanol–water partition coefficient (Wildman–Crippen LogP) is 12.9. The molecule has 54 heavy (non-hydrogen) atoms. The average molecular weight is 707 g/mol. The maximum Gasteiger partial charge on any atom is 0.164 e. The molecule has 0 saturated heterocycles. The van der Waals surface area contributed by atoms with E-state index in [1.54, 1.807) is 0 Å². The zero-order valence-corrected chi connectivity index (χ0v) is 29.8. The Kier molecular flexibility index (Phi) is 7.07. The van der Waals surface area contributed by atoms with Gasteiger partial charge in [-0.25, -0.2) is 15.0 Å². The van der Waals surface area contributed by atoms with Crippen molar-refractivity contribution in [1.82, 2.24) is 19.5 Å². The number of nitrogens with zero attached hydrogens (tertiary/aromatic N) is 4. The fourth-order valence-electron chi connectivity index (χ4n) is 7.96. The van der Waals surface area contributed by atoms with Crippen molar-refractivity contribution in [1.29, 1.82) is 0 Å². The highest BCUT2D eigenvalue weighted by atomic mass is 32.2. The zero-order chi connectivity index (χ0) is 35.6. The third-order valence-corrected chi connectivity index (χ3v) is 11.6. The Labute approximate surface area is 316 Å². The Bertz CT molecular complexity index is 3020. The lowest BCUT2D eigenvalue weighted by Crippen LogP contribution is -2.02. The van der Waals surface area contributed by atoms with Crippen LogP contribution in [0, 0.1) is 0 Å². The lowest BCUT2D eigenvalue weighted by Gasteiger charge is -2.22. The van der Waals surface area contributed by atoms with Crippen LogP contribution in [0.25, 0.3) is 94.7 Å². The lowest BCUT2D eigenvalue weighted by atomic mass is 9.94. The van der Waals surface area contributed by atoms with Crippen LogP contribution in [0.3, 0.4) is 0 Å². The summed E-state index contributed by atoms with van der Waals surface area (Å²) < 4.78 is 2.39. The summed E-state index contributed by atoms with van der Waals surface area (Å²) in [6.45, 7) is 0. The predicted molar refractivity (Wildman–Crippen MR) is 223 cm³/mol. The SMILES string of the molecule is c1ccc(-c2cccc(-c3nc(-c4ccccc4)nc(-c4ccc5c6c(cccc46)-c4cc(-n6c7ccccc7c7ccccc76)ccc4S5)n3)c2)cc1. The van der Waals surface area contributed by atoms with Gasteiger partial charge >= 0.3 is 0 Å². The minimum Gasteiger partial charge on any atom is -0.309 e. The van der Waals surface area contributed by atoms with Crippen LogP contribution in [0.2, 0.25) is 0 Å². The van der Waals surface area contributed by atoms with Gasteiger partial charge in [-0.3, -0.25) is 0 Å². The highest BCUT2D eigenvalue weighted by Crippen LogP contribution is 2.50.